The number of unbranched alkanes of at least 4 members (excludes halogenated alkanes) is 2. The lowest BCUT2D eigenvalue weighted by molar-refractivity contribution is -0.142. The molecule has 8 heteroatoms. The number of hydrogen-bond donors (Lipinski definition) is 3. The van der Waals surface area contributed by atoms with Crippen molar-refractivity contribution in [2.24, 2.45) is 0 Å². The maximum atomic E-state index is 11.8. The minimum absolute atomic E-state index is 0.0217. The molecular formula is C13H24N2O6. The number of carboxylic acid groups (broad SMARTS) is 1. The fourth-order valence-electron chi connectivity index (χ4n) is 1.62. The van der Waals surface area contributed by atoms with E-state index in [2.05, 4.69) is 10.1 Å². The molecule has 0 heterocycles. The Kier molecular flexibility index (Phi) is 9.95. The first-order chi connectivity index (χ1) is 9.92. The van der Waals surface area contributed by atoms with E-state index in [-0.39, 0.29) is 19.4 Å². The molecule has 0 spiro atoms. The van der Waals surface area contributed by atoms with Crippen LogP contribution in [0.5, 0.6) is 0 Å². The van der Waals surface area contributed by atoms with Gasteiger partial charge >= 0.3 is 18.0 Å². The molecule has 0 radical (unpaired) electrons. The number of carboxylic acids is 1. The monoisotopic (exact) mass is 304 g/mol. The van der Waals surface area contributed by atoms with Crippen LogP contribution in [0.2, 0.25) is 0 Å². The molecule has 0 rings (SSSR count). The predicted molar refractivity (Wildman–Crippen MR) is 74.8 cm³/mol. The molecule has 2 amide bonds. The Morgan fingerprint density at radius 3 is 2.43 bits per heavy atom. The minimum Gasteiger partial charge on any atom is -0.480 e. The summed E-state index contributed by atoms with van der Waals surface area (Å²) in [5, 5.41) is 20.0. The van der Waals surface area contributed by atoms with Gasteiger partial charge in [0.1, 0.15) is 6.04 Å². The van der Waals surface area contributed by atoms with Gasteiger partial charge < -0.3 is 25.2 Å². The number of esters is 1. The highest BCUT2D eigenvalue weighted by Gasteiger charge is 2.22. The van der Waals surface area contributed by atoms with Gasteiger partial charge in [0.25, 0.3) is 0 Å². The van der Waals surface area contributed by atoms with Gasteiger partial charge in [-0.1, -0.05) is 0 Å². The van der Waals surface area contributed by atoms with E-state index in [0.29, 0.717) is 13.0 Å². The summed E-state index contributed by atoms with van der Waals surface area (Å²) in [6, 6.07) is -1.63. The minimum atomic E-state index is -1.19. The van der Waals surface area contributed by atoms with Crippen molar-refractivity contribution in [2.75, 3.05) is 27.3 Å². The number of aliphatic hydroxyl groups is 1. The third-order valence-electron chi connectivity index (χ3n) is 2.96. The number of hydrogen-bond acceptors (Lipinski definition) is 5. The van der Waals surface area contributed by atoms with E-state index in [9.17, 15) is 14.4 Å². The zero-order valence-electron chi connectivity index (χ0n) is 12.5. The van der Waals surface area contributed by atoms with Crippen LogP contribution in [0.3, 0.4) is 0 Å². The first-order valence-corrected chi connectivity index (χ1v) is 6.84. The largest absolute Gasteiger partial charge is 0.480 e. The van der Waals surface area contributed by atoms with Crippen LogP contribution < -0.4 is 5.32 Å². The first kappa shape index (κ1) is 19.2. The van der Waals surface area contributed by atoms with Gasteiger partial charge in [0, 0.05) is 26.6 Å². The molecular weight excluding hydrogens is 280 g/mol. The second-order valence-corrected chi connectivity index (χ2v) is 4.66. The Balaban J connectivity index is 4.20. The number of ether oxygens (including phenoxy) is 1. The summed E-state index contributed by atoms with van der Waals surface area (Å²) in [6.07, 6.45) is 2.09. The Morgan fingerprint density at radius 2 is 1.90 bits per heavy atom. The molecule has 0 unspecified atom stereocenters. The van der Waals surface area contributed by atoms with Crippen LogP contribution in [-0.4, -0.2) is 66.4 Å². The lowest BCUT2D eigenvalue weighted by atomic mass is 10.1. The average molecular weight is 304 g/mol. The molecule has 0 aliphatic heterocycles. The summed E-state index contributed by atoms with van der Waals surface area (Å²) in [4.78, 5) is 35.2. The standard InChI is InChI=1S/C13H24N2O6/c1-15(8-4-3-5-9-16)13(20)14-10(12(18)19)6-7-11(17)21-2/h10,16H,3-9H2,1-2H3,(H,14,20)(H,18,19)/t10-/m1/s1. The molecule has 3 N–H and O–H groups in total. The van der Waals surface area contributed by atoms with Crippen molar-refractivity contribution in [1.82, 2.24) is 10.2 Å². The van der Waals surface area contributed by atoms with Crippen molar-refractivity contribution in [3.05, 3.63) is 0 Å². The zero-order valence-corrected chi connectivity index (χ0v) is 12.5. The van der Waals surface area contributed by atoms with Crippen molar-refractivity contribution in [2.45, 2.75) is 38.1 Å². The normalized spacial score (nSPS) is 11.6. The van der Waals surface area contributed by atoms with Gasteiger partial charge in [-0.2, -0.15) is 0 Å². The Hall–Kier alpha value is -1.83. The lowest BCUT2D eigenvalue weighted by Crippen LogP contribution is -2.47. The molecule has 0 saturated carbocycles. The highest BCUT2D eigenvalue weighted by Crippen LogP contribution is 2.02. The van der Waals surface area contributed by atoms with Gasteiger partial charge in [0.2, 0.25) is 0 Å². The van der Waals surface area contributed by atoms with Crippen LogP contribution in [0, 0.1) is 0 Å². The van der Waals surface area contributed by atoms with Crippen LogP contribution in [0.4, 0.5) is 4.79 Å². The number of methoxy groups -OCH3 is 1. The van der Waals surface area contributed by atoms with Crippen LogP contribution in [0.15, 0.2) is 0 Å². The van der Waals surface area contributed by atoms with E-state index >= 15 is 0 Å². The molecule has 122 valence electrons. The number of nitrogens with one attached hydrogen (secondary N) is 1. The molecule has 0 saturated heterocycles. The van der Waals surface area contributed by atoms with E-state index in [1.165, 1.54) is 12.0 Å². The van der Waals surface area contributed by atoms with Crippen molar-refractivity contribution in [3.8, 4) is 0 Å². The van der Waals surface area contributed by atoms with Crippen molar-refractivity contribution >= 4 is 18.0 Å². The number of amides is 2. The van der Waals surface area contributed by atoms with Crippen LogP contribution in [0.25, 0.3) is 0 Å². The third-order valence-corrected chi connectivity index (χ3v) is 2.96. The van der Waals surface area contributed by atoms with Crippen molar-refractivity contribution in [3.63, 3.8) is 0 Å². The number of carbonyl (C=O) groups is 3. The van der Waals surface area contributed by atoms with Crippen molar-refractivity contribution < 1.29 is 29.3 Å². The fourth-order valence-corrected chi connectivity index (χ4v) is 1.62. The number of aliphatic hydroxyl groups excluding tert-OH is 1. The summed E-state index contributed by atoms with van der Waals surface area (Å²) in [6.45, 7) is 0.583. The van der Waals surface area contributed by atoms with Gasteiger partial charge in [0.05, 0.1) is 7.11 Å². The fraction of sp³-hybridized carbons (Fsp3) is 0.769. The lowest BCUT2D eigenvalue weighted by Gasteiger charge is -2.21. The number of aliphatic carboxylic acids is 1. The Labute approximate surface area is 124 Å². The van der Waals surface area contributed by atoms with E-state index in [0.717, 1.165) is 12.8 Å². The molecule has 0 bridgehead atoms. The summed E-state index contributed by atoms with van der Waals surface area (Å²) in [7, 11) is 2.78. The predicted octanol–water partition coefficient (Wildman–Crippen LogP) is 0.197. The summed E-state index contributed by atoms with van der Waals surface area (Å²) in [5.74, 6) is -1.71. The number of carbonyl (C=O) groups excluding carboxylic acids is 2. The van der Waals surface area contributed by atoms with E-state index in [4.69, 9.17) is 10.2 Å². The van der Waals surface area contributed by atoms with Crippen LogP contribution in [-0.2, 0) is 14.3 Å². The molecule has 1 atom stereocenters. The quantitative estimate of drug-likeness (QED) is 0.392. The maximum absolute atomic E-state index is 11.8. The smallest absolute Gasteiger partial charge is 0.326 e. The van der Waals surface area contributed by atoms with Crippen LogP contribution in [0.1, 0.15) is 32.1 Å². The molecule has 0 aromatic carbocycles. The molecule has 0 aromatic heterocycles. The van der Waals surface area contributed by atoms with Crippen molar-refractivity contribution in [1.29, 1.82) is 0 Å². The number of urea groups is 1. The highest BCUT2D eigenvalue weighted by molar-refractivity contribution is 5.83. The van der Waals surface area contributed by atoms with E-state index < -0.39 is 24.0 Å². The summed E-state index contributed by atoms with van der Waals surface area (Å²) >= 11 is 0. The van der Waals surface area contributed by atoms with E-state index in [1.807, 2.05) is 0 Å². The van der Waals surface area contributed by atoms with Crippen LogP contribution >= 0.6 is 0 Å². The van der Waals surface area contributed by atoms with Gasteiger partial charge in [-0.25, -0.2) is 9.59 Å². The Bertz CT molecular complexity index is 348. The molecule has 0 aliphatic carbocycles. The molecule has 0 aliphatic rings. The average Bonchev–Trinajstić information content (AvgIpc) is 2.46. The second-order valence-electron chi connectivity index (χ2n) is 4.66. The number of rotatable bonds is 10. The molecule has 8 nitrogen and oxygen atoms in total. The van der Waals surface area contributed by atoms with Gasteiger partial charge in [0.15, 0.2) is 0 Å². The SMILES string of the molecule is COC(=O)CC[C@@H](NC(=O)N(C)CCCCCO)C(=O)O. The van der Waals surface area contributed by atoms with Gasteiger partial charge in [-0.3, -0.25) is 4.79 Å². The number of nitrogens with zero attached hydrogens (tertiary/aromatic N) is 1. The molecule has 21 heavy (non-hydrogen) atoms. The van der Waals surface area contributed by atoms with E-state index in [1.54, 1.807) is 7.05 Å². The third kappa shape index (κ3) is 8.85. The molecule has 0 fully saturated rings. The molecule has 0 aromatic rings. The second kappa shape index (κ2) is 10.9. The Morgan fingerprint density at radius 1 is 1.24 bits per heavy atom. The summed E-state index contributed by atoms with van der Waals surface area (Å²) in [5.41, 5.74) is 0. The topological polar surface area (TPSA) is 116 Å². The van der Waals surface area contributed by atoms with Gasteiger partial charge in [-0.15, -0.1) is 0 Å². The highest BCUT2D eigenvalue weighted by atomic mass is 16.5. The zero-order chi connectivity index (χ0) is 16.3. The first-order valence-electron chi connectivity index (χ1n) is 6.84. The maximum Gasteiger partial charge on any atom is 0.326 e. The van der Waals surface area contributed by atoms with Gasteiger partial charge in [-0.05, 0) is 25.7 Å². The summed E-state index contributed by atoms with van der Waals surface area (Å²) < 4.78 is 4.43.